The largest absolute Gasteiger partial charge is 0.352 e. The second kappa shape index (κ2) is 5.77. The van der Waals surface area contributed by atoms with Gasteiger partial charge in [0.25, 0.3) is 0 Å². The molecule has 0 aromatic carbocycles. The highest BCUT2D eigenvalue weighted by atomic mass is 16.1. The van der Waals surface area contributed by atoms with E-state index in [9.17, 15) is 4.79 Å². The fourth-order valence-corrected chi connectivity index (χ4v) is 2.28. The standard InChI is InChI=1S/C13H19N3O/c14-11-5-1-2-6-12(11)16-13(17)8-10-4-3-7-15-9-10/h3-4,7,9,11-12H,1-2,5-6,8,14H2,(H,16,17). The quantitative estimate of drug-likeness (QED) is 0.818. The van der Waals surface area contributed by atoms with Gasteiger partial charge in [-0.3, -0.25) is 9.78 Å². The lowest BCUT2D eigenvalue weighted by Gasteiger charge is -2.29. The summed E-state index contributed by atoms with van der Waals surface area (Å²) in [6, 6.07) is 4.01. The van der Waals surface area contributed by atoms with Crippen molar-refractivity contribution >= 4 is 5.91 Å². The first kappa shape index (κ1) is 12.0. The van der Waals surface area contributed by atoms with Crippen molar-refractivity contribution in [2.24, 2.45) is 5.73 Å². The van der Waals surface area contributed by atoms with E-state index in [2.05, 4.69) is 10.3 Å². The minimum atomic E-state index is 0.0420. The molecule has 3 N–H and O–H groups in total. The highest BCUT2D eigenvalue weighted by Crippen LogP contribution is 2.16. The molecule has 1 amide bonds. The third kappa shape index (κ3) is 3.53. The van der Waals surface area contributed by atoms with Crippen molar-refractivity contribution in [2.45, 2.75) is 44.2 Å². The average Bonchev–Trinajstić information content (AvgIpc) is 2.33. The van der Waals surface area contributed by atoms with Gasteiger partial charge in [-0.25, -0.2) is 0 Å². The van der Waals surface area contributed by atoms with Gasteiger partial charge < -0.3 is 11.1 Å². The van der Waals surface area contributed by atoms with Crippen LogP contribution in [0.3, 0.4) is 0 Å². The highest BCUT2D eigenvalue weighted by molar-refractivity contribution is 5.78. The topological polar surface area (TPSA) is 68.0 Å². The molecule has 2 unspecified atom stereocenters. The van der Waals surface area contributed by atoms with Gasteiger partial charge in [-0.15, -0.1) is 0 Å². The van der Waals surface area contributed by atoms with E-state index in [4.69, 9.17) is 5.73 Å². The molecule has 0 aliphatic heterocycles. The number of aromatic nitrogens is 1. The summed E-state index contributed by atoms with van der Waals surface area (Å²) in [6.07, 6.45) is 8.16. The number of carbonyl (C=O) groups is 1. The Kier molecular flexibility index (Phi) is 4.09. The number of nitrogens with zero attached hydrogens (tertiary/aromatic N) is 1. The van der Waals surface area contributed by atoms with Crippen molar-refractivity contribution in [3.63, 3.8) is 0 Å². The predicted molar refractivity (Wildman–Crippen MR) is 66.3 cm³/mol. The van der Waals surface area contributed by atoms with E-state index in [0.29, 0.717) is 6.42 Å². The molecule has 0 radical (unpaired) electrons. The number of hydrogen-bond acceptors (Lipinski definition) is 3. The Morgan fingerprint density at radius 1 is 1.47 bits per heavy atom. The fourth-order valence-electron chi connectivity index (χ4n) is 2.28. The first-order valence-electron chi connectivity index (χ1n) is 6.19. The molecule has 92 valence electrons. The Labute approximate surface area is 102 Å². The van der Waals surface area contributed by atoms with E-state index < -0.39 is 0 Å². The Bertz CT molecular complexity index is 366. The van der Waals surface area contributed by atoms with Crippen LogP contribution in [0.5, 0.6) is 0 Å². The average molecular weight is 233 g/mol. The zero-order valence-electron chi connectivity index (χ0n) is 9.93. The number of pyridine rings is 1. The van der Waals surface area contributed by atoms with Crippen molar-refractivity contribution in [2.75, 3.05) is 0 Å². The van der Waals surface area contributed by atoms with Crippen LogP contribution in [-0.4, -0.2) is 23.0 Å². The molecule has 1 aromatic rings. The van der Waals surface area contributed by atoms with E-state index in [1.807, 2.05) is 12.1 Å². The zero-order chi connectivity index (χ0) is 12.1. The third-order valence-corrected chi connectivity index (χ3v) is 3.25. The fraction of sp³-hybridized carbons (Fsp3) is 0.538. The summed E-state index contributed by atoms with van der Waals surface area (Å²) in [7, 11) is 0. The van der Waals surface area contributed by atoms with Gasteiger partial charge in [-0.1, -0.05) is 18.9 Å². The second-order valence-electron chi connectivity index (χ2n) is 4.66. The highest BCUT2D eigenvalue weighted by Gasteiger charge is 2.23. The molecule has 1 aliphatic rings. The van der Waals surface area contributed by atoms with Gasteiger partial charge in [0.1, 0.15) is 0 Å². The molecule has 2 rings (SSSR count). The van der Waals surface area contributed by atoms with E-state index >= 15 is 0 Å². The summed E-state index contributed by atoms with van der Waals surface area (Å²) in [5.41, 5.74) is 6.93. The van der Waals surface area contributed by atoms with Crippen LogP contribution in [0.4, 0.5) is 0 Å². The third-order valence-electron chi connectivity index (χ3n) is 3.25. The van der Waals surface area contributed by atoms with Crippen LogP contribution in [-0.2, 0) is 11.2 Å². The number of amides is 1. The Morgan fingerprint density at radius 2 is 2.29 bits per heavy atom. The maximum atomic E-state index is 11.8. The summed E-state index contributed by atoms with van der Waals surface area (Å²) in [4.78, 5) is 15.8. The van der Waals surface area contributed by atoms with Gasteiger partial charge in [-0.2, -0.15) is 0 Å². The van der Waals surface area contributed by atoms with Crippen molar-refractivity contribution in [1.82, 2.24) is 10.3 Å². The van der Waals surface area contributed by atoms with Crippen LogP contribution in [0.15, 0.2) is 24.5 Å². The van der Waals surface area contributed by atoms with Crippen molar-refractivity contribution in [3.8, 4) is 0 Å². The number of rotatable bonds is 3. The maximum absolute atomic E-state index is 11.8. The molecule has 2 atom stereocenters. The van der Waals surface area contributed by atoms with Crippen LogP contribution in [0.1, 0.15) is 31.2 Å². The van der Waals surface area contributed by atoms with Gasteiger partial charge in [0.15, 0.2) is 0 Å². The van der Waals surface area contributed by atoms with Crippen LogP contribution < -0.4 is 11.1 Å². The molecular weight excluding hydrogens is 214 g/mol. The molecule has 17 heavy (non-hydrogen) atoms. The van der Waals surface area contributed by atoms with Gasteiger partial charge in [0.05, 0.1) is 6.42 Å². The first-order chi connectivity index (χ1) is 8.25. The summed E-state index contributed by atoms with van der Waals surface area (Å²) in [6.45, 7) is 0. The van der Waals surface area contributed by atoms with E-state index in [1.54, 1.807) is 12.4 Å². The minimum Gasteiger partial charge on any atom is -0.352 e. The molecule has 1 saturated carbocycles. The lowest BCUT2D eigenvalue weighted by Crippen LogP contribution is -2.49. The van der Waals surface area contributed by atoms with Crippen molar-refractivity contribution in [1.29, 1.82) is 0 Å². The zero-order valence-corrected chi connectivity index (χ0v) is 9.93. The molecule has 1 fully saturated rings. The van der Waals surface area contributed by atoms with Gasteiger partial charge in [0, 0.05) is 24.5 Å². The smallest absolute Gasteiger partial charge is 0.224 e. The van der Waals surface area contributed by atoms with Crippen LogP contribution in [0.2, 0.25) is 0 Å². The number of nitrogens with one attached hydrogen (secondary N) is 1. The SMILES string of the molecule is NC1CCCCC1NC(=O)Cc1cccnc1. The number of hydrogen-bond donors (Lipinski definition) is 2. The number of carbonyl (C=O) groups excluding carboxylic acids is 1. The van der Waals surface area contributed by atoms with Crippen molar-refractivity contribution < 1.29 is 4.79 Å². The minimum absolute atomic E-state index is 0.0420. The second-order valence-corrected chi connectivity index (χ2v) is 4.66. The van der Waals surface area contributed by atoms with Gasteiger partial charge >= 0.3 is 0 Å². The molecule has 1 aliphatic carbocycles. The monoisotopic (exact) mass is 233 g/mol. The Balaban J connectivity index is 1.84. The van der Waals surface area contributed by atoms with E-state index in [0.717, 1.165) is 24.8 Å². The number of nitrogens with two attached hydrogens (primary N) is 1. The molecule has 4 nitrogen and oxygen atoms in total. The first-order valence-corrected chi connectivity index (χ1v) is 6.19. The molecular formula is C13H19N3O. The summed E-state index contributed by atoms with van der Waals surface area (Å²) < 4.78 is 0. The van der Waals surface area contributed by atoms with Gasteiger partial charge in [0.2, 0.25) is 5.91 Å². The van der Waals surface area contributed by atoms with Crippen LogP contribution >= 0.6 is 0 Å². The van der Waals surface area contributed by atoms with E-state index in [1.165, 1.54) is 6.42 Å². The summed E-state index contributed by atoms with van der Waals surface area (Å²) >= 11 is 0. The van der Waals surface area contributed by atoms with Crippen LogP contribution in [0.25, 0.3) is 0 Å². The molecule has 0 saturated heterocycles. The summed E-state index contributed by atoms with van der Waals surface area (Å²) in [5, 5.41) is 3.03. The van der Waals surface area contributed by atoms with Gasteiger partial charge in [-0.05, 0) is 24.5 Å². The normalized spacial score (nSPS) is 24.3. The Hall–Kier alpha value is -1.42. The molecule has 0 bridgehead atoms. The van der Waals surface area contributed by atoms with Crippen LogP contribution in [0, 0.1) is 0 Å². The molecule has 4 heteroatoms. The summed E-state index contributed by atoms with van der Waals surface area (Å²) in [5.74, 6) is 0.0420. The maximum Gasteiger partial charge on any atom is 0.224 e. The molecule has 1 heterocycles. The lowest BCUT2D eigenvalue weighted by atomic mass is 9.91. The van der Waals surface area contributed by atoms with Crippen molar-refractivity contribution in [3.05, 3.63) is 30.1 Å². The molecule has 0 spiro atoms. The Morgan fingerprint density at radius 3 is 3.00 bits per heavy atom. The van der Waals surface area contributed by atoms with E-state index in [-0.39, 0.29) is 18.0 Å². The predicted octanol–water partition coefficient (Wildman–Crippen LogP) is 1.01. The molecule has 1 aromatic heterocycles. The lowest BCUT2D eigenvalue weighted by molar-refractivity contribution is -0.121.